The highest BCUT2D eigenvalue weighted by Crippen LogP contribution is 2.35. The number of hydrogen-bond acceptors (Lipinski definition) is 4. The number of nitrogens with zero attached hydrogens (tertiary/aromatic N) is 1. The summed E-state index contributed by atoms with van der Waals surface area (Å²) in [5.41, 5.74) is 2.82. The van der Waals surface area contributed by atoms with E-state index in [4.69, 9.17) is 16.3 Å². The zero-order chi connectivity index (χ0) is 22.6. The number of benzene rings is 3. The molecule has 0 spiro atoms. The van der Waals surface area contributed by atoms with E-state index in [2.05, 4.69) is 5.32 Å². The number of amides is 1. The molecular formula is C24H23ClN2O4S. The van der Waals surface area contributed by atoms with Crippen LogP contribution in [0.3, 0.4) is 0 Å². The molecule has 3 aromatic rings. The van der Waals surface area contributed by atoms with Gasteiger partial charge in [-0.15, -0.1) is 0 Å². The summed E-state index contributed by atoms with van der Waals surface area (Å²) in [7, 11) is -3.75. The maximum atomic E-state index is 13.1. The molecule has 0 radical (unpaired) electrons. The SMILES string of the molecule is O=C(COc1ccc(S(=O)(=O)N2CCc3ccccc32)cc1Cl)NCCc1ccccc1. The Morgan fingerprint density at radius 2 is 1.78 bits per heavy atom. The van der Waals surface area contributed by atoms with Gasteiger partial charge >= 0.3 is 0 Å². The fourth-order valence-electron chi connectivity index (χ4n) is 3.63. The average molecular weight is 471 g/mol. The molecule has 6 nitrogen and oxygen atoms in total. The van der Waals surface area contributed by atoms with E-state index in [9.17, 15) is 13.2 Å². The van der Waals surface area contributed by atoms with Gasteiger partial charge in [0.25, 0.3) is 15.9 Å². The Balaban J connectivity index is 1.35. The Hall–Kier alpha value is -3.03. The van der Waals surface area contributed by atoms with Crippen LogP contribution in [0.25, 0.3) is 0 Å². The maximum Gasteiger partial charge on any atom is 0.264 e. The quantitative estimate of drug-likeness (QED) is 0.543. The van der Waals surface area contributed by atoms with Gasteiger partial charge in [-0.1, -0.05) is 60.1 Å². The van der Waals surface area contributed by atoms with Crippen molar-refractivity contribution in [1.29, 1.82) is 0 Å². The Kier molecular flexibility index (Phi) is 6.67. The van der Waals surface area contributed by atoms with E-state index < -0.39 is 10.0 Å². The minimum atomic E-state index is -3.75. The minimum Gasteiger partial charge on any atom is -0.482 e. The van der Waals surface area contributed by atoms with Crippen LogP contribution in [0.2, 0.25) is 5.02 Å². The number of ether oxygens (including phenoxy) is 1. The van der Waals surface area contributed by atoms with Gasteiger partial charge < -0.3 is 10.1 Å². The van der Waals surface area contributed by atoms with E-state index in [1.54, 1.807) is 6.07 Å². The number of carbonyl (C=O) groups excluding carboxylic acids is 1. The lowest BCUT2D eigenvalue weighted by molar-refractivity contribution is -0.123. The average Bonchev–Trinajstić information content (AvgIpc) is 3.24. The van der Waals surface area contributed by atoms with Crippen LogP contribution < -0.4 is 14.4 Å². The Labute approximate surface area is 192 Å². The summed E-state index contributed by atoms with van der Waals surface area (Å²) < 4.78 is 33.1. The molecular weight excluding hydrogens is 448 g/mol. The molecule has 0 aliphatic carbocycles. The zero-order valence-electron chi connectivity index (χ0n) is 17.3. The largest absolute Gasteiger partial charge is 0.482 e. The van der Waals surface area contributed by atoms with Gasteiger partial charge in [-0.25, -0.2) is 8.42 Å². The van der Waals surface area contributed by atoms with Crippen molar-refractivity contribution >= 4 is 33.2 Å². The van der Waals surface area contributed by atoms with Gasteiger partial charge in [0.1, 0.15) is 5.75 Å². The molecule has 0 fully saturated rings. The van der Waals surface area contributed by atoms with Crippen molar-refractivity contribution < 1.29 is 17.9 Å². The maximum absolute atomic E-state index is 13.1. The van der Waals surface area contributed by atoms with Gasteiger partial charge in [0.2, 0.25) is 0 Å². The zero-order valence-corrected chi connectivity index (χ0v) is 18.9. The van der Waals surface area contributed by atoms with Gasteiger partial charge in [-0.2, -0.15) is 0 Å². The fraction of sp³-hybridized carbons (Fsp3) is 0.208. The molecule has 0 saturated carbocycles. The van der Waals surface area contributed by atoms with Crippen LogP contribution in [0.4, 0.5) is 5.69 Å². The second kappa shape index (κ2) is 9.63. The first-order chi connectivity index (χ1) is 15.4. The number of carbonyl (C=O) groups is 1. The predicted molar refractivity (Wildman–Crippen MR) is 125 cm³/mol. The standard InChI is InChI=1S/C24H23ClN2O4S/c25-21-16-20(32(29,30)27-15-13-19-8-4-5-9-22(19)27)10-11-23(21)31-17-24(28)26-14-12-18-6-2-1-3-7-18/h1-11,16H,12-15,17H2,(H,26,28). The molecule has 1 heterocycles. The lowest BCUT2D eigenvalue weighted by Crippen LogP contribution is -2.30. The number of para-hydroxylation sites is 1. The summed E-state index contributed by atoms with van der Waals surface area (Å²) >= 11 is 6.27. The normalized spacial score (nSPS) is 13.0. The number of nitrogens with one attached hydrogen (secondary N) is 1. The summed E-state index contributed by atoms with van der Waals surface area (Å²) in [4.78, 5) is 12.1. The molecule has 4 rings (SSSR count). The summed E-state index contributed by atoms with van der Waals surface area (Å²) in [5, 5.41) is 2.93. The number of fused-ring (bicyclic) bond motifs is 1. The lowest BCUT2D eigenvalue weighted by atomic mass is 10.1. The highest BCUT2D eigenvalue weighted by Gasteiger charge is 2.31. The van der Waals surface area contributed by atoms with Gasteiger partial charge in [0.05, 0.1) is 15.6 Å². The summed E-state index contributed by atoms with van der Waals surface area (Å²) in [6.07, 6.45) is 1.39. The van der Waals surface area contributed by atoms with Gasteiger partial charge in [-0.05, 0) is 48.2 Å². The van der Waals surface area contributed by atoms with Crippen LogP contribution in [-0.4, -0.2) is 34.0 Å². The van der Waals surface area contributed by atoms with E-state index in [0.29, 0.717) is 25.2 Å². The minimum absolute atomic E-state index is 0.0823. The van der Waals surface area contributed by atoms with Gasteiger partial charge in [0, 0.05) is 13.1 Å². The topological polar surface area (TPSA) is 75.7 Å². The lowest BCUT2D eigenvalue weighted by Gasteiger charge is -2.20. The smallest absolute Gasteiger partial charge is 0.264 e. The molecule has 166 valence electrons. The number of anilines is 1. The number of sulfonamides is 1. The molecule has 1 N–H and O–H groups in total. The van der Waals surface area contributed by atoms with Crippen LogP contribution in [-0.2, 0) is 27.7 Å². The third-order valence-corrected chi connectivity index (χ3v) is 7.38. The summed E-state index contributed by atoms with van der Waals surface area (Å²) in [6, 6.07) is 21.6. The fourth-order valence-corrected chi connectivity index (χ4v) is 5.46. The molecule has 1 aliphatic heterocycles. The first-order valence-corrected chi connectivity index (χ1v) is 12.1. The molecule has 8 heteroatoms. The predicted octanol–water partition coefficient (Wildman–Crippen LogP) is 3.83. The van der Waals surface area contributed by atoms with E-state index in [0.717, 1.165) is 17.5 Å². The third kappa shape index (κ3) is 4.89. The van der Waals surface area contributed by atoms with Crippen molar-refractivity contribution in [3.05, 3.63) is 88.9 Å². The van der Waals surface area contributed by atoms with Gasteiger partial charge in [-0.3, -0.25) is 9.10 Å². The van der Waals surface area contributed by atoms with Crippen molar-refractivity contribution in [3.63, 3.8) is 0 Å². The van der Waals surface area contributed by atoms with E-state index in [1.807, 2.05) is 48.5 Å². The molecule has 1 amide bonds. The second-order valence-electron chi connectivity index (χ2n) is 7.42. The second-order valence-corrected chi connectivity index (χ2v) is 9.69. The molecule has 0 aromatic heterocycles. The highest BCUT2D eigenvalue weighted by molar-refractivity contribution is 7.92. The van der Waals surface area contributed by atoms with Crippen LogP contribution in [0, 0.1) is 0 Å². The monoisotopic (exact) mass is 470 g/mol. The van der Waals surface area contributed by atoms with Crippen molar-refractivity contribution in [2.75, 3.05) is 24.0 Å². The Morgan fingerprint density at radius 3 is 2.56 bits per heavy atom. The molecule has 0 bridgehead atoms. The van der Waals surface area contributed by atoms with Crippen LogP contribution >= 0.6 is 11.6 Å². The number of hydrogen-bond donors (Lipinski definition) is 1. The van der Waals surface area contributed by atoms with E-state index in [1.165, 1.54) is 22.5 Å². The first-order valence-electron chi connectivity index (χ1n) is 10.3. The Morgan fingerprint density at radius 1 is 1.03 bits per heavy atom. The summed E-state index contributed by atoms with van der Waals surface area (Å²) in [6.45, 7) is 0.676. The molecule has 0 atom stereocenters. The van der Waals surface area contributed by atoms with Crippen molar-refractivity contribution in [2.45, 2.75) is 17.7 Å². The number of rotatable bonds is 8. The van der Waals surface area contributed by atoms with Crippen molar-refractivity contribution in [1.82, 2.24) is 5.32 Å². The molecule has 0 unspecified atom stereocenters. The highest BCUT2D eigenvalue weighted by atomic mass is 35.5. The molecule has 1 aliphatic rings. The first kappa shape index (κ1) is 22.2. The number of halogens is 1. The van der Waals surface area contributed by atoms with Crippen LogP contribution in [0.5, 0.6) is 5.75 Å². The van der Waals surface area contributed by atoms with E-state index in [-0.39, 0.29) is 28.2 Å². The molecule has 3 aromatic carbocycles. The van der Waals surface area contributed by atoms with Gasteiger partial charge in [0.15, 0.2) is 6.61 Å². The van der Waals surface area contributed by atoms with E-state index >= 15 is 0 Å². The van der Waals surface area contributed by atoms with Crippen molar-refractivity contribution in [3.8, 4) is 5.75 Å². The molecule has 32 heavy (non-hydrogen) atoms. The third-order valence-electron chi connectivity index (χ3n) is 5.27. The summed E-state index contributed by atoms with van der Waals surface area (Å²) in [5.74, 6) is -0.0204. The van der Waals surface area contributed by atoms with Crippen LogP contribution in [0.15, 0.2) is 77.7 Å². The van der Waals surface area contributed by atoms with Crippen molar-refractivity contribution in [2.24, 2.45) is 0 Å². The Bertz CT molecular complexity index is 1220. The molecule has 0 saturated heterocycles. The van der Waals surface area contributed by atoms with Crippen LogP contribution in [0.1, 0.15) is 11.1 Å².